The van der Waals surface area contributed by atoms with Crippen LogP contribution in [0.1, 0.15) is 13.8 Å². The van der Waals surface area contributed by atoms with Gasteiger partial charge in [-0.15, -0.1) is 0 Å². The summed E-state index contributed by atoms with van der Waals surface area (Å²) in [5, 5.41) is 11.2. The maximum atomic E-state index is 10.0. The van der Waals surface area contributed by atoms with Gasteiger partial charge in [0.05, 0.1) is 0 Å². The molecule has 1 aliphatic rings. The third-order valence-corrected chi connectivity index (χ3v) is 1.25. The summed E-state index contributed by atoms with van der Waals surface area (Å²) in [5.41, 5.74) is 5.16. The van der Waals surface area contributed by atoms with Crippen molar-refractivity contribution in [3.8, 4) is 0 Å². The van der Waals surface area contributed by atoms with E-state index in [1.807, 2.05) is 0 Å². The minimum absolute atomic E-state index is 0.0208. The highest BCUT2D eigenvalue weighted by molar-refractivity contribution is 5.73. The van der Waals surface area contributed by atoms with Gasteiger partial charge in [-0.3, -0.25) is 4.79 Å². The number of nitrogens with two attached hydrogens (primary N) is 1. The molecule has 0 aromatic rings. The maximum Gasteiger partial charge on any atom is 0.320 e. The molecule has 4 heteroatoms. The van der Waals surface area contributed by atoms with Crippen LogP contribution in [0.25, 0.3) is 0 Å². The van der Waals surface area contributed by atoms with E-state index in [9.17, 15) is 4.79 Å². The molecule has 1 aliphatic heterocycles. The number of carboxylic acids is 1. The molecule has 1 fully saturated rings. The van der Waals surface area contributed by atoms with Crippen molar-refractivity contribution < 1.29 is 9.90 Å². The van der Waals surface area contributed by atoms with E-state index in [-0.39, 0.29) is 5.92 Å². The van der Waals surface area contributed by atoms with Crippen molar-refractivity contribution in [1.29, 1.82) is 0 Å². The van der Waals surface area contributed by atoms with E-state index in [1.54, 1.807) is 13.8 Å². The molecule has 0 amide bonds. The van der Waals surface area contributed by atoms with Crippen LogP contribution in [0.5, 0.6) is 0 Å². The normalized spacial score (nSPS) is 16.7. The highest BCUT2D eigenvalue weighted by atomic mass is 16.4. The molecule has 0 aliphatic carbocycles. The first-order chi connectivity index (χ1) is 5.05. The first kappa shape index (κ1) is 10.4. The molecule has 0 unspecified atom stereocenters. The van der Waals surface area contributed by atoms with E-state index in [2.05, 4.69) is 5.32 Å². The van der Waals surface area contributed by atoms with Crippen molar-refractivity contribution in [2.24, 2.45) is 11.7 Å². The number of hydrogen-bond acceptors (Lipinski definition) is 3. The summed E-state index contributed by atoms with van der Waals surface area (Å²) < 4.78 is 0. The largest absolute Gasteiger partial charge is 0.480 e. The summed E-state index contributed by atoms with van der Waals surface area (Å²) in [4.78, 5) is 10.0. The third kappa shape index (κ3) is 7.29. The van der Waals surface area contributed by atoms with E-state index in [0.29, 0.717) is 0 Å². The van der Waals surface area contributed by atoms with E-state index >= 15 is 0 Å². The zero-order valence-electron chi connectivity index (χ0n) is 7.00. The summed E-state index contributed by atoms with van der Waals surface area (Å²) >= 11 is 0. The van der Waals surface area contributed by atoms with Crippen LogP contribution in [0, 0.1) is 5.92 Å². The molecule has 0 spiro atoms. The standard InChI is InChI=1S/C5H11NO2.C2H5N/c1-3(2)4(6)5(7)8;1-2-3-1/h3-4H,6H2,1-2H3,(H,7,8);3H,1-2H2/t4-;/m0./s1. The Morgan fingerprint density at radius 1 is 1.55 bits per heavy atom. The fourth-order valence-corrected chi connectivity index (χ4v) is 0.285. The fourth-order valence-electron chi connectivity index (χ4n) is 0.285. The maximum absolute atomic E-state index is 10.0. The van der Waals surface area contributed by atoms with Crippen molar-refractivity contribution in [1.82, 2.24) is 5.32 Å². The van der Waals surface area contributed by atoms with Gasteiger partial charge in [-0.05, 0) is 5.92 Å². The minimum atomic E-state index is -0.931. The molecular formula is C7H16N2O2. The second kappa shape index (κ2) is 5.09. The van der Waals surface area contributed by atoms with E-state index in [0.717, 1.165) is 0 Å². The zero-order chi connectivity index (χ0) is 8.85. The lowest BCUT2D eigenvalue weighted by Crippen LogP contribution is -2.34. The molecule has 4 N–H and O–H groups in total. The highest BCUT2D eigenvalue weighted by Gasteiger charge is 2.14. The van der Waals surface area contributed by atoms with Crippen LogP contribution in [-0.2, 0) is 4.79 Å². The average Bonchev–Trinajstić information content (AvgIpc) is 2.69. The van der Waals surface area contributed by atoms with Gasteiger partial charge in [0.25, 0.3) is 0 Å². The quantitative estimate of drug-likeness (QED) is 0.482. The van der Waals surface area contributed by atoms with Gasteiger partial charge in [0.2, 0.25) is 0 Å². The van der Waals surface area contributed by atoms with Gasteiger partial charge in [0.15, 0.2) is 0 Å². The lowest BCUT2D eigenvalue weighted by Gasteiger charge is -2.07. The molecule has 0 bridgehead atoms. The predicted octanol–water partition coefficient (Wildman–Crippen LogP) is -0.356. The second-order valence-electron chi connectivity index (χ2n) is 2.86. The number of aliphatic carboxylic acids is 1. The van der Waals surface area contributed by atoms with Crippen LogP contribution < -0.4 is 11.1 Å². The Hall–Kier alpha value is -0.610. The number of hydrogen-bond donors (Lipinski definition) is 3. The van der Waals surface area contributed by atoms with Crippen molar-refractivity contribution >= 4 is 5.97 Å². The third-order valence-electron chi connectivity index (χ3n) is 1.25. The molecule has 1 rings (SSSR count). The summed E-state index contributed by atoms with van der Waals surface area (Å²) in [6, 6.07) is -0.713. The van der Waals surface area contributed by atoms with Crippen molar-refractivity contribution in [2.75, 3.05) is 13.1 Å². The Labute approximate surface area is 66.8 Å². The Morgan fingerprint density at radius 3 is 1.91 bits per heavy atom. The Kier molecular flexibility index (Phi) is 4.81. The SMILES string of the molecule is C1CN1.CC(C)[C@H](N)C(=O)O. The lowest BCUT2D eigenvalue weighted by atomic mass is 10.1. The molecule has 0 aromatic carbocycles. The topological polar surface area (TPSA) is 85.3 Å². The number of rotatable bonds is 2. The second-order valence-corrected chi connectivity index (χ2v) is 2.86. The predicted molar refractivity (Wildman–Crippen MR) is 43.3 cm³/mol. The summed E-state index contributed by atoms with van der Waals surface area (Å²) in [5.74, 6) is -0.910. The highest BCUT2D eigenvalue weighted by Crippen LogP contribution is 1.96. The fraction of sp³-hybridized carbons (Fsp3) is 0.857. The molecule has 1 heterocycles. The summed E-state index contributed by atoms with van der Waals surface area (Å²) in [6.45, 7) is 6.05. The van der Waals surface area contributed by atoms with E-state index in [4.69, 9.17) is 10.8 Å². The van der Waals surface area contributed by atoms with Crippen LogP contribution in [-0.4, -0.2) is 30.2 Å². The van der Waals surface area contributed by atoms with Gasteiger partial charge in [-0.2, -0.15) is 0 Å². The molecule has 0 radical (unpaired) electrons. The van der Waals surface area contributed by atoms with Gasteiger partial charge in [-0.25, -0.2) is 0 Å². The molecule has 66 valence electrons. The Morgan fingerprint density at radius 2 is 1.91 bits per heavy atom. The number of nitrogens with one attached hydrogen (secondary N) is 1. The number of carbonyl (C=O) groups is 1. The van der Waals surface area contributed by atoms with Gasteiger partial charge >= 0.3 is 5.97 Å². The van der Waals surface area contributed by atoms with Crippen LogP contribution in [0.15, 0.2) is 0 Å². The first-order valence-electron chi connectivity index (χ1n) is 3.74. The first-order valence-corrected chi connectivity index (χ1v) is 3.74. The average molecular weight is 160 g/mol. The van der Waals surface area contributed by atoms with Crippen LogP contribution in [0.3, 0.4) is 0 Å². The molecule has 1 atom stereocenters. The van der Waals surface area contributed by atoms with Crippen molar-refractivity contribution in [3.05, 3.63) is 0 Å². The molecule has 11 heavy (non-hydrogen) atoms. The van der Waals surface area contributed by atoms with Gasteiger partial charge in [-0.1, -0.05) is 13.8 Å². The van der Waals surface area contributed by atoms with E-state index < -0.39 is 12.0 Å². The van der Waals surface area contributed by atoms with Gasteiger partial charge < -0.3 is 16.2 Å². The Bertz CT molecular complexity index is 121. The minimum Gasteiger partial charge on any atom is -0.480 e. The Balaban J connectivity index is 0.000000271. The van der Waals surface area contributed by atoms with Crippen LogP contribution in [0.4, 0.5) is 0 Å². The van der Waals surface area contributed by atoms with Crippen molar-refractivity contribution in [3.63, 3.8) is 0 Å². The summed E-state index contributed by atoms with van der Waals surface area (Å²) in [6.07, 6.45) is 0. The van der Waals surface area contributed by atoms with Crippen LogP contribution >= 0.6 is 0 Å². The molecule has 4 nitrogen and oxygen atoms in total. The zero-order valence-corrected chi connectivity index (χ0v) is 7.00. The smallest absolute Gasteiger partial charge is 0.320 e. The van der Waals surface area contributed by atoms with Crippen molar-refractivity contribution in [2.45, 2.75) is 19.9 Å². The van der Waals surface area contributed by atoms with Gasteiger partial charge in [0.1, 0.15) is 6.04 Å². The molecule has 0 aromatic heterocycles. The lowest BCUT2D eigenvalue weighted by molar-refractivity contribution is -0.139. The monoisotopic (exact) mass is 160 g/mol. The molecular weight excluding hydrogens is 144 g/mol. The molecule has 0 saturated carbocycles. The summed E-state index contributed by atoms with van der Waals surface area (Å²) in [7, 11) is 0. The van der Waals surface area contributed by atoms with E-state index in [1.165, 1.54) is 13.1 Å². The van der Waals surface area contributed by atoms with Gasteiger partial charge in [0, 0.05) is 13.1 Å². The molecule has 1 saturated heterocycles. The van der Waals surface area contributed by atoms with Crippen LogP contribution in [0.2, 0.25) is 0 Å². The number of carboxylic acid groups (broad SMARTS) is 1.